The molecular weight excluding hydrogens is 162 g/mol. The molecular formula is C10H13N3. The van der Waals surface area contributed by atoms with Gasteiger partial charge in [-0.05, 0) is 6.07 Å². The first-order chi connectivity index (χ1) is 6.07. The van der Waals surface area contributed by atoms with E-state index in [4.69, 9.17) is 0 Å². The van der Waals surface area contributed by atoms with Gasteiger partial charge in [-0.1, -0.05) is 20.8 Å². The molecule has 0 aliphatic rings. The molecule has 2 heterocycles. The van der Waals surface area contributed by atoms with Crippen LogP contribution in [0.1, 0.15) is 26.5 Å². The van der Waals surface area contributed by atoms with Crippen molar-refractivity contribution in [2.45, 2.75) is 26.2 Å². The van der Waals surface area contributed by atoms with E-state index in [0.717, 1.165) is 11.2 Å². The van der Waals surface area contributed by atoms with Gasteiger partial charge in [0.05, 0.1) is 11.7 Å². The molecule has 2 rings (SSSR count). The highest BCUT2D eigenvalue weighted by Crippen LogP contribution is 2.20. The third-order valence-electron chi connectivity index (χ3n) is 2.07. The number of hydrogen-bond acceptors (Lipinski definition) is 2. The minimum absolute atomic E-state index is 0.103. The zero-order chi connectivity index (χ0) is 9.47. The summed E-state index contributed by atoms with van der Waals surface area (Å²) in [6.07, 6.45) is 5.41. The van der Waals surface area contributed by atoms with Gasteiger partial charge in [0.25, 0.3) is 0 Å². The van der Waals surface area contributed by atoms with Gasteiger partial charge in [-0.2, -0.15) is 0 Å². The van der Waals surface area contributed by atoms with E-state index in [9.17, 15) is 0 Å². The second-order valence-corrected chi connectivity index (χ2v) is 4.25. The Kier molecular flexibility index (Phi) is 1.62. The number of fused-ring (bicyclic) bond motifs is 1. The molecule has 2 aromatic heterocycles. The molecule has 2 aromatic rings. The summed E-state index contributed by atoms with van der Waals surface area (Å²) < 4.78 is 1.91. The predicted molar refractivity (Wildman–Crippen MR) is 51.7 cm³/mol. The zero-order valence-electron chi connectivity index (χ0n) is 8.15. The Morgan fingerprint density at radius 3 is 2.69 bits per heavy atom. The summed E-state index contributed by atoms with van der Waals surface area (Å²) >= 11 is 0. The van der Waals surface area contributed by atoms with E-state index in [-0.39, 0.29) is 5.41 Å². The summed E-state index contributed by atoms with van der Waals surface area (Å²) in [6, 6.07) is 2.08. The maximum Gasteiger partial charge on any atom is 0.101 e. The van der Waals surface area contributed by atoms with E-state index < -0.39 is 0 Å². The quantitative estimate of drug-likeness (QED) is 0.613. The van der Waals surface area contributed by atoms with E-state index in [2.05, 4.69) is 36.8 Å². The van der Waals surface area contributed by atoms with Crippen LogP contribution in [0.5, 0.6) is 0 Å². The lowest BCUT2D eigenvalue weighted by molar-refractivity contribution is 0.567. The topological polar surface area (TPSA) is 30.2 Å². The van der Waals surface area contributed by atoms with Crippen LogP contribution >= 0.6 is 0 Å². The second-order valence-electron chi connectivity index (χ2n) is 4.25. The average Bonchev–Trinajstić information content (AvgIpc) is 2.47. The van der Waals surface area contributed by atoms with E-state index >= 15 is 0 Å². The summed E-state index contributed by atoms with van der Waals surface area (Å²) in [4.78, 5) is 8.42. The Balaban J connectivity index is 2.61. The van der Waals surface area contributed by atoms with Gasteiger partial charge in [-0.3, -0.25) is 4.40 Å². The van der Waals surface area contributed by atoms with Crippen molar-refractivity contribution in [3.05, 3.63) is 30.6 Å². The van der Waals surface area contributed by atoms with Gasteiger partial charge in [-0.25, -0.2) is 9.97 Å². The van der Waals surface area contributed by atoms with Crippen LogP contribution < -0.4 is 0 Å². The first-order valence-corrected chi connectivity index (χ1v) is 4.35. The maximum absolute atomic E-state index is 4.37. The minimum Gasteiger partial charge on any atom is -0.290 e. The molecule has 0 N–H and O–H groups in total. The molecule has 0 saturated carbocycles. The maximum atomic E-state index is 4.37. The summed E-state index contributed by atoms with van der Waals surface area (Å²) in [6.45, 7) is 6.46. The molecule has 0 fully saturated rings. The summed E-state index contributed by atoms with van der Waals surface area (Å²) in [5.41, 5.74) is 2.30. The van der Waals surface area contributed by atoms with Crippen molar-refractivity contribution in [2.24, 2.45) is 0 Å². The van der Waals surface area contributed by atoms with Gasteiger partial charge in [0.1, 0.15) is 12.7 Å². The molecule has 0 bridgehead atoms. The Hall–Kier alpha value is -1.38. The zero-order valence-corrected chi connectivity index (χ0v) is 8.15. The molecule has 0 atom stereocenters. The van der Waals surface area contributed by atoms with Gasteiger partial charge < -0.3 is 0 Å². The third kappa shape index (κ3) is 1.41. The van der Waals surface area contributed by atoms with Crippen molar-refractivity contribution < 1.29 is 0 Å². The van der Waals surface area contributed by atoms with Crippen LogP contribution in [0.4, 0.5) is 0 Å². The van der Waals surface area contributed by atoms with Crippen molar-refractivity contribution in [3.63, 3.8) is 0 Å². The molecule has 0 unspecified atom stereocenters. The van der Waals surface area contributed by atoms with Crippen molar-refractivity contribution >= 4 is 5.52 Å². The third-order valence-corrected chi connectivity index (χ3v) is 2.07. The Morgan fingerprint density at radius 2 is 2.00 bits per heavy atom. The highest BCUT2D eigenvalue weighted by molar-refractivity contribution is 5.45. The molecule has 0 aliphatic carbocycles. The van der Waals surface area contributed by atoms with Crippen molar-refractivity contribution in [2.75, 3.05) is 0 Å². The highest BCUT2D eigenvalue weighted by Gasteiger charge is 2.15. The standard InChI is InChI=1S/C10H13N3/c1-10(2,3)9-4-8-5-11-6-13(8)7-12-9/h4-7H,1-3H3. The highest BCUT2D eigenvalue weighted by atomic mass is 15.0. The molecule has 68 valence electrons. The van der Waals surface area contributed by atoms with Crippen molar-refractivity contribution in [1.29, 1.82) is 0 Å². The number of hydrogen-bond donors (Lipinski definition) is 0. The van der Waals surface area contributed by atoms with E-state index in [1.54, 1.807) is 6.33 Å². The fraction of sp³-hybridized carbons (Fsp3) is 0.400. The van der Waals surface area contributed by atoms with E-state index in [1.807, 2.05) is 16.9 Å². The molecule has 3 heteroatoms. The SMILES string of the molecule is CC(C)(C)c1cc2cncn2cn1. The molecule has 3 nitrogen and oxygen atoms in total. The molecule has 0 spiro atoms. The van der Waals surface area contributed by atoms with Gasteiger partial charge in [-0.15, -0.1) is 0 Å². The fourth-order valence-electron chi connectivity index (χ4n) is 1.24. The van der Waals surface area contributed by atoms with Crippen molar-refractivity contribution in [1.82, 2.24) is 14.4 Å². The van der Waals surface area contributed by atoms with E-state index in [1.165, 1.54) is 0 Å². The molecule has 13 heavy (non-hydrogen) atoms. The number of nitrogens with zero attached hydrogens (tertiary/aromatic N) is 3. The Bertz CT molecular complexity index is 423. The van der Waals surface area contributed by atoms with Gasteiger partial charge in [0, 0.05) is 11.1 Å². The summed E-state index contributed by atoms with van der Waals surface area (Å²) in [7, 11) is 0. The predicted octanol–water partition coefficient (Wildman–Crippen LogP) is 2.03. The largest absolute Gasteiger partial charge is 0.290 e. The minimum atomic E-state index is 0.103. The monoisotopic (exact) mass is 175 g/mol. The molecule has 0 amide bonds. The van der Waals surface area contributed by atoms with Crippen LogP contribution in [0.25, 0.3) is 5.52 Å². The summed E-state index contributed by atoms with van der Waals surface area (Å²) in [5.74, 6) is 0. The number of rotatable bonds is 0. The number of imidazole rings is 1. The Labute approximate surface area is 77.4 Å². The van der Waals surface area contributed by atoms with Crippen molar-refractivity contribution in [3.8, 4) is 0 Å². The van der Waals surface area contributed by atoms with Crippen LogP contribution in [0.15, 0.2) is 24.9 Å². The first-order valence-electron chi connectivity index (χ1n) is 4.35. The lowest BCUT2D eigenvalue weighted by Crippen LogP contribution is -2.13. The first kappa shape index (κ1) is 8.23. The smallest absolute Gasteiger partial charge is 0.101 e. The average molecular weight is 175 g/mol. The molecule has 0 saturated heterocycles. The van der Waals surface area contributed by atoms with Gasteiger partial charge >= 0.3 is 0 Å². The molecule has 0 aromatic carbocycles. The lowest BCUT2D eigenvalue weighted by Gasteiger charge is -2.17. The lowest BCUT2D eigenvalue weighted by atomic mass is 9.92. The van der Waals surface area contributed by atoms with E-state index in [0.29, 0.717) is 0 Å². The van der Waals surface area contributed by atoms with Gasteiger partial charge in [0.2, 0.25) is 0 Å². The molecule has 0 radical (unpaired) electrons. The van der Waals surface area contributed by atoms with Crippen LogP contribution in [0.2, 0.25) is 0 Å². The Morgan fingerprint density at radius 1 is 1.23 bits per heavy atom. The second kappa shape index (κ2) is 2.55. The van der Waals surface area contributed by atoms with Crippen LogP contribution in [-0.2, 0) is 5.41 Å². The summed E-state index contributed by atoms with van der Waals surface area (Å²) in [5, 5.41) is 0. The van der Waals surface area contributed by atoms with Gasteiger partial charge in [0.15, 0.2) is 0 Å². The number of aromatic nitrogens is 3. The molecule has 0 aliphatic heterocycles. The van der Waals surface area contributed by atoms with Crippen LogP contribution in [-0.4, -0.2) is 14.4 Å². The normalized spacial score (nSPS) is 12.2. The fourth-order valence-corrected chi connectivity index (χ4v) is 1.24. The van der Waals surface area contributed by atoms with Crippen LogP contribution in [0, 0.1) is 0 Å². The van der Waals surface area contributed by atoms with Crippen LogP contribution in [0.3, 0.4) is 0 Å².